The van der Waals surface area contributed by atoms with Gasteiger partial charge in [-0.3, -0.25) is 9.59 Å². The summed E-state index contributed by atoms with van der Waals surface area (Å²) >= 11 is 0. The van der Waals surface area contributed by atoms with Crippen LogP contribution in [0.2, 0.25) is 0 Å². The minimum absolute atomic E-state index is 0.135. The molecule has 1 fully saturated rings. The van der Waals surface area contributed by atoms with Crippen LogP contribution in [0.25, 0.3) is 0 Å². The fourth-order valence-electron chi connectivity index (χ4n) is 2.35. The van der Waals surface area contributed by atoms with E-state index in [1.807, 2.05) is 0 Å². The molecule has 1 heterocycles. The van der Waals surface area contributed by atoms with E-state index in [0.717, 1.165) is 0 Å². The number of carbonyl (C=O) groups excluding carboxylic acids is 2. The minimum atomic E-state index is -0.490. The molecule has 1 saturated heterocycles. The summed E-state index contributed by atoms with van der Waals surface area (Å²) < 4.78 is 28.6. The van der Waals surface area contributed by atoms with Crippen LogP contribution >= 0.6 is 0 Å². The van der Waals surface area contributed by atoms with Crippen molar-refractivity contribution in [3.8, 4) is 5.75 Å². The molecule has 0 aromatic heterocycles. The lowest BCUT2D eigenvalue weighted by Crippen LogP contribution is -2.44. The highest BCUT2D eigenvalue weighted by molar-refractivity contribution is 5.78. The van der Waals surface area contributed by atoms with Gasteiger partial charge in [-0.1, -0.05) is 0 Å². The number of benzene rings is 1. The molecule has 0 bridgehead atoms. The molecular weight excluding hydrogens is 331 g/mol. The summed E-state index contributed by atoms with van der Waals surface area (Å²) in [5.74, 6) is -0.384. The number of halogens is 1. The zero-order valence-electron chi connectivity index (χ0n) is 14.4. The summed E-state index contributed by atoms with van der Waals surface area (Å²) in [5, 5.41) is 2.80. The highest BCUT2D eigenvalue weighted by Gasteiger charge is 2.21. The number of carbonyl (C=O) groups is 2. The Morgan fingerprint density at radius 2 is 1.96 bits per heavy atom. The van der Waals surface area contributed by atoms with Gasteiger partial charge in [-0.05, 0) is 31.2 Å². The first-order chi connectivity index (χ1) is 11.9. The Labute approximate surface area is 146 Å². The smallest absolute Gasteiger partial charge is 0.260 e. The number of ether oxygens (including phenoxy) is 3. The second-order valence-corrected chi connectivity index (χ2v) is 5.86. The molecule has 2 amide bonds. The number of likely N-dealkylation sites (N-methyl/N-ethyl adjacent to an activating group) is 1. The van der Waals surface area contributed by atoms with Gasteiger partial charge in [-0.25, -0.2) is 4.39 Å². The van der Waals surface area contributed by atoms with Gasteiger partial charge >= 0.3 is 0 Å². The topological polar surface area (TPSA) is 77.1 Å². The van der Waals surface area contributed by atoms with Crippen LogP contribution in [0.1, 0.15) is 13.3 Å². The van der Waals surface area contributed by atoms with Crippen molar-refractivity contribution in [3.05, 3.63) is 30.1 Å². The SMILES string of the molecule is CC(CN(C)C(=O)COc1ccc(F)cc1)NC(=O)CC1OCCO1. The normalized spacial score (nSPS) is 15.6. The van der Waals surface area contributed by atoms with Gasteiger partial charge in [0.25, 0.3) is 5.91 Å². The Morgan fingerprint density at radius 3 is 2.60 bits per heavy atom. The van der Waals surface area contributed by atoms with Gasteiger partial charge in [-0.15, -0.1) is 0 Å². The molecule has 0 radical (unpaired) electrons. The monoisotopic (exact) mass is 354 g/mol. The maximum Gasteiger partial charge on any atom is 0.260 e. The summed E-state index contributed by atoms with van der Waals surface area (Å²) in [6.07, 6.45) is -0.356. The lowest BCUT2D eigenvalue weighted by Gasteiger charge is -2.23. The first kappa shape index (κ1) is 19.1. The van der Waals surface area contributed by atoms with Crippen molar-refractivity contribution < 1.29 is 28.2 Å². The summed E-state index contributed by atoms with van der Waals surface area (Å²) in [4.78, 5) is 25.4. The quantitative estimate of drug-likeness (QED) is 0.752. The van der Waals surface area contributed by atoms with Crippen molar-refractivity contribution in [2.24, 2.45) is 0 Å². The van der Waals surface area contributed by atoms with E-state index in [1.165, 1.54) is 29.2 Å². The molecule has 8 heteroatoms. The van der Waals surface area contributed by atoms with Crippen LogP contribution in [0.15, 0.2) is 24.3 Å². The average molecular weight is 354 g/mol. The minimum Gasteiger partial charge on any atom is -0.484 e. The molecule has 138 valence electrons. The second kappa shape index (κ2) is 9.33. The van der Waals surface area contributed by atoms with Crippen molar-refractivity contribution in [2.45, 2.75) is 25.7 Å². The maximum atomic E-state index is 12.8. The van der Waals surface area contributed by atoms with Gasteiger partial charge in [0.1, 0.15) is 11.6 Å². The molecule has 25 heavy (non-hydrogen) atoms. The van der Waals surface area contributed by atoms with E-state index in [4.69, 9.17) is 14.2 Å². The van der Waals surface area contributed by atoms with Gasteiger partial charge in [0.05, 0.1) is 19.6 Å². The van der Waals surface area contributed by atoms with E-state index in [-0.39, 0.29) is 36.7 Å². The molecule has 7 nitrogen and oxygen atoms in total. The largest absolute Gasteiger partial charge is 0.484 e. The Morgan fingerprint density at radius 1 is 1.32 bits per heavy atom. The molecule has 1 aliphatic heterocycles. The Hall–Kier alpha value is -2.19. The van der Waals surface area contributed by atoms with Gasteiger partial charge in [-0.2, -0.15) is 0 Å². The Kier molecular flexibility index (Phi) is 7.15. The molecule has 0 aliphatic carbocycles. The third kappa shape index (κ3) is 6.67. The summed E-state index contributed by atoms with van der Waals surface area (Å²) in [6.45, 7) is 2.98. The van der Waals surface area contributed by atoms with Crippen molar-refractivity contribution in [1.82, 2.24) is 10.2 Å². The lowest BCUT2D eigenvalue weighted by molar-refractivity contribution is -0.134. The number of hydrogen-bond donors (Lipinski definition) is 1. The maximum absolute atomic E-state index is 12.8. The molecule has 0 saturated carbocycles. The van der Waals surface area contributed by atoms with Crippen LogP contribution < -0.4 is 10.1 Å². The van der Waals surface area contributed by atoms with E-state index >= 15 is 0 Å². The van der Waals surface area contributed by atoms with E-state index in [2.05, 4.69) is 5.32 Å². The van der Waals surface area contributed by atoms with Crippen LogP contribution in [0, 0.1) is 5.82 Å². The third-order valence-electron chi connectivity index (χ3n) is 3.60. The van der Waals surface area contributed by atoms with E-state index in [0.29, 0.717) is 25.5 Å². The number of rotatable bonds is 8. The zero-order valence-corrected chi connectivity index (χ0v) is 14.4. The molecule has 1 unspecified atom stereocenters. The predicted molar refractivity (Wildman–Crippen MR) is 87.4 cm³/mol. The van der Waals surface area contributed by atoms with Crippen LogP contribution in [-0.2, 0) is 19.1 Å². The number of nitrogens with one attached hydrogen (secondary N) is 1. The molecule has 1 atom stereocenters. The second-order valence-electron chi connectivity index (χ2n) is 5.86. The van der Waals surface area contributed by atoms with Crippen LogP contribution in [-0.4, -0.2) is 62.5 Å². The van der Waals surface area contributed by atoms with Crippen LogP contribution in [0.3, 0.4) is 0 Å². The summed E-state index contributed by atoms with van der Waals surface area (Å²) in [5.41, 5.74) is 0. The van der Waals surface area contributed by atoms with E-state index in [9.17, 15) is 14.0 Å². The average Bonchev–Trinajstić information content (AvgIpc) is 3.06. The van der Waals surface area contributed by atoms with Crippen molar-refractivity contribution in [3.63, 3.8) is 0 Å². The lowest BCUT2D eigenvalue weighted by atomic mass is 10.3. The molecule has 1 aromatic carbocycles. The third-order valence-corrected chi connectivity index (χ3v) is 3.60. The fraction of sp³-hybridized carbons (Fsp3) is 0.529. The molecule has 0 spiro atoms. The standard InChI is InChI=1S/C17H23FN2O5/c1-12(19-15(21)9-17-23-7-8-24-17)10-20(2)16(22)11-25-14-5-3-13(18)4-6-14/h3-6,12,17H,7-11H2,1-2H3,(H,19,21). The Bertz CT molecular complexity index is 575. The molecule has 2 rings (SSSR count). The molecular formula is C17H23FN2O5. The number of nitrogens with zero attached hydrogens (tertiary/aromatic N) is 1. The van der Waals surface area contributed by atoms with Crippen molar-refractivity contribution >= 4 is 11.8 Å². The first-order valence-corrected chi connectivity index (χ1v) is 8.09. The van der Waals surface area contributed by atoms with Gasteiger partial charge in [0.15, 0.2) is 12.9 Å². The fourth-order valence-corrected chi connectivity index (χ4v) is 2.35. The Balaban J connectivity index is 1.68. The zero-order chi connectivity index (χ0) is 18.2. The summed E-state index contributed by atoms with van der Waals surface area (Å²) in [7, 11) is 1.63. The summed E-state index contributed by atoms with van der Waals surface area (Å²) in [6, 6.07) is 5.21. The molecule has 1 N–H and O–H groups in total. The van der Waals surface area contributed by atoms with Crippen LogP contribution in [0.4, 0.5) is 4.39 Å². The van der Waals surface area contributed by atoms with Crippen molar-refractivity contribution in [2.75, 3.05) is 33.4 Å². The highest BCUT2D eigenvalue weighted by atomic mass is 19.1. The highest BCUT2D eigenvalue weighted by Crippen LogP contribution is 2.11. The van der Waals surface area contributed by atoms with Gasteiger partial charge in [0.2, 0.25) is 5.91 Å². The molecule has 1 aromatic rings. The van der Waals surface area contributed by atoms with Gasteiger partial charge in [0, 0.05) is 19.6 Å². The van der Waals surface area contributed by atoms with E-state index < -0.39 is 6.29 Å². The predicted octanol–water partition coefficient (Wildman–Crippen LogP) is 0.931. The van der Waals surface area contributed by atoms with Crippen molar-refractivity contribution in [1.29, 1.82) is 0 Å². The number of amides is 2. The first-order valence-electron chi connectivity index (χ1n) is 8.09. The number of hydrogen-bond acceptors (Lipinski definition) is 5. The van der Waals surface area contributed by atoms with Crippen LogP contribution in [0.5, 0.6) is 5.75 Å². The van der Waals surface area contributed by atoms with E-state index in [1.54, 1.807) is 14.0 Å². The molecule has 1 aliphatic rings. The van der Waals surface area contributed by atoms with Gasteiger partial charge < -0.3 is 24.4 Å².